The van der Waals surface area contributed by atoms with Gasteiger partial charge in [-0.25, -0.2) is 0 Å². The Labute approximate surface area is 169 Å². The molecule has 1 amide bonds. The highest BCUT2D eigenvalue weighted by Crippen LogP contribution is 2.25. The normalized spacial score (nSPS) is 17.0. The van der Waals surface area contributed by atoms with E-state index in [9.17, 15) is 9.59 Å². The van der Waals surface area contributed by atoms with Crippen LogP contribution < -0.4 is 10.7 Å². The number of hydrogen-bond acceptors (Lipinski definition) is 5. The monoisotopic (exact) mass is 392 g/mol. The van der Waals surface area contributed by atoms with Gasteiger partial charge in [-0.15, -0.1) is 0 Å². The molecule has 150 valence electrons. The standard InChI is InChI=1S/C23H24N2O4/c1-16(22(17-7-3-2-4-8-17)25-11-13-28-14-12-25)24-23(27)21-15-19(26)18-9-5-6-10-20(18)29-21/h2-10,15-16,22H,11-14H2,1H3,(H,24,27)/t16-,22+/m0/s1. The average molecular weight is 392 g/mol. The number of fused-ring (bicyclic) bond motifs is 1. The lowest BCUT2D eigenvalue weighted by Gasteiger charge is -2.38. The number of hydrogen-bond donors (Lipinski definition) is 1. The van der Waals surface area contributed by atoms with Gasteiger partial charge < -0.3 is 14.5 Å². The van der Waals surface area contributed by atoms with Gasteiger partial charge in [0.25, 0.3) is 5.91 Å². The fourth-order valence-corrected chi connectivity index (χ4v) is 3.89. The first kappa shape index (κ1) is 19.4. The molecular weight excluding hydrogens is 368 g/mol. The molecule has 1 aromatic heterocycles. The van der Waals surface area contributed by atoms with E-state index in [-0.39, 0.29) is 23.3 Å². The summed E-state index contributed by atoms with van der Waals surface area (Å²) in [6.07, 6.45) is 0. The van der Waals surface area contributed by atoms with Gasteiger partial charge in [-0.3, -0.25) is 14.5 Å². The number of nitrogens with one attached hydrogen (secondary N) is 1. The van der Waals surface area contributed by atoms with E-state index in [2.05, 4.69) is 22.3 Å². The molecule has 1 aliphatic rings. The van der Waals surface area contributed by atoms with Crippen LogP contribution in [0.4, 0.5) is 0 Å². The highest BCUT2D eigenvalue weighted by molar-refractivity contribution is 5.93. The first-order valence-electron chi connectivity index (χ1n) is 9.84. The van der Waals surface area contributed by atoms with Crippen LogP contribution >= 0.6 is 0 Å². The Hall–Kier alpha value is -2.96. The van der Waals surface area contributed by atoms with Crippen LogP contribution in [0.3, 0.4) is 0 Å². The molecule has 6 heteroatoms. The van der Waals surface area contributed by atoms with Crippen molar-refractivity contribution in [1.29, 1.82) is 0 Å². The van der Waals surface area contributed by atoms with Gasteiger partial charge in [0.15, 0.2) is 11.2 Å². The molecule has 4 rings (SSSR count). The first-order chi connectivity index (χ1) is 14.1. The minimum atomic E-state index is -0.394. The van der Waals surface area contributed by atoms with E-state index in [1.54, 1.807) is 24.3 Å². The van der Waals surface area contributed by atoms with Gasteiger partial charge in [-0.2, -0.15) is 0 Å². The van der Waals surface area contributed by atoms with Crippen LogP contribution in [0.15, 0.2) is 69.9 Å². The Morgan fingerprint density at radius 1 is 1.03 bits per heavy atom. The van der Waals surface area contributed by atoms with Gasteiger partial charge in [0, 0.05) is 25.2 Å². The number of carbonyl (C=O) groups is 1. The Morgan fingerprint density at radius 3 is 2.48 bits per heavy atom. The molecule has 0 spiro atoms. The third kappa shape index (κ3) is 4.23. The van der Waals surface area contributed by atoms with Gasteiger partial charge in [0.05, 0.1) is 24.6 Å². The molecule has 0 aliphatic carbocycles. The number of ether oxygens (including phenoxy) is 1. The molecule has 0 saturated carbocycles. The van der Waals surface area contributed by atoms with Crippen LogP contribution in [-0.4, -0.2) is 43.2 Å². The molecule has 0 bridgehead atoms. The van der Waals surface area contributed by atoms with Crippen molar-refractivity contribution >= 4 is 16.9 Å². The number of nitrogens with zero attached hydrogens (tertiary/aromatic N) is 1. The molecule has 2 atom stereocenters. The number of rotatable bonds is 5. The maximum absolute atomic E-state index is 12.9. The molecule has 1 aliphatic heterocycles. The van der Waals surface area contributed by atoms with Crippen LogP contribution in [0.5, 0.6) is 0 Å². The quantitative estimate of drug-likeness (QED) is 0.723. The topological polar surface area (TPSA) is 71.8 Å². The van der Waals surface area contributed by atoms with Crippen molar-refractivity contribution in [3.63, 3.8) is 0 Å². The Balaban J connectivity index is 1.59. The first-order valence-corrected chi connectivity index (χ1v) is 9.84. The summed E-state index contributed by atoms with van der Waals surface area (Å²) in [5.74, 6) is -0.371. The van der Waals surface area contributed by atoms with E-state index in [4.69, 9.17) is 9.15 Å². The van der Waals surface area contributed by atoms with E-state index < -0.39 is 5.91 Å². The molecule has 6 nitrogen and oxygen atoms in total. The molecule has 0 radical (unpaired) electrons. The van der Waals surface area contributed by atoms with E-state index in [1.807, 2.05) is 25.1 Å². The van der Waals surface area contributed by atoms with Crippen LogP contribution in [0.25, 0.3) is 11.0 Å². The second-order valence-corrected chi connectivity index (χ2v) is 7.24. The minimum Gasteiger partial charge on any atom is -0.451 e. The van der Waals surface area contributed by atoms with E-state index in [1.165, 1.54) is 6.07 Å². The SMILES string of the molecule is C[C@H](NC(=O)c1cc(=O)c2ccccc2o1)[C@H](c1ccccc1)N1CCOCC1. The number of amides is 1. The highest BCUT2D eigenvalue weighted by Gasteiger charge is 2.29. The van der Waals surface area contributed by atoms with Crippen molar-refractivity contribution in [1.82, 2.24) is 10.2 Å². The van der Waals surface area contributed by atoms with Gasteiger partial charge >= 0.3 is 0 Å². The van der Waals surface area contributed by atoms with Crippen LogP contribution in [0, 0.1) is 0 Å². The van der Waals surface area contributed by atoms with Crippen molar-refractivity contribution in [2.24, 2.45) is 0 Å². The van der Waals surface area contributed by atoms with E-state index in [0.717, 1.165) is 18.7 Å². The van der Waals surface area contributed by atoms with Gasteiger partial charge in [-0.05, 0) is 24.6 Å². The lowest BCUT2D eigenvalue weighted by atomic mass is 9.98. The number of carbonyl (C=O) groups excluding carboxylic acids is 1. The van der Waals surface area contributed by atoms with Gasteiger partial charge in [0.1, 0.15) is 5.58 Å². The molecular formula is C23H24N2O4. The Morgan fingerprint density at radius 2 is 1.72 bits per heavy atom. The Kier molecular flexibility index (Phi) is 5.74. The fraction of sp³-hybridized carbons (Fsp3) is 0.304. The van der Waals surface area contributed by atoms with Crippen molar-refractivity contribution in [2.75, 3.05) is 26.3 Å². The van der Waals surface area contributed by atoms with Crippen LogP contribution in [-0.2, 0) is 4.74 Å². The molecule has 1 fully saturated rings. The summed E-state index contributed by atoms with van der Waals surface area (Å²) in [4.78, 5) is 27.5. The minimum absolute atomic E-state index is 0.00349. The van der Waals surface area contributed by atoms with Crippen molar-refractivity contribution in [2.45, 2.75) is 19.0 Å². The molecule has 3 aromatic rings. The van der Waals surface area contributed by atoms with Gasteiger partial charge in [0.2, 0.25) is 0 Å². The largest absolute Gasteiger partial charge is 0.451 e. The van der Waals surface area contributed by atoms with Crippen LogP contribution in [0.1, 0.15) is 29.1 Å². The number of benzene rings is 2. The molecule has 29 heavy (non-hydrogen) atoms. The number of morpholine rings is 1. The van der Waals surface area contributed by atoms with Crippen molar-refractivity contribution in [3.8, 4) is 0 Å². The molecule has 2 aromatic carbocycles. The summed E-state index contributed by atoms with van der Waals surface area (Å²) in [5.41, 5.74) is 1.31. The third-order valence-electron chi connectivity index (χ3n) is 5.27. The lowest BCUT2D eigenvalue weighted by molar-refractivity contribution is 0.00878. The summed E-state index contributed by atoms with van der Waals surface area (Å²) in [5, 5.41) is 3.50. The predicted molar refractivity (Wildman–Crippen MR) is 111 cm³/mol. The second kappa shape index (κ2) is 8.59. The highest BCUT2D eigenvalue weighted by atomic mass is 16.5. The zero-order valence-corrected chi connectivity index (χ0v) is 16.3. The Bertz CT molecular complexity index is 1040. The molecule has 1 saturated heterocycles. The second-order valence-electron chi connectivity index (χ2n) is 7.24. The summed E-state index contributed by atoms with van der Waals surface area (Å²) in [6, 6.07) is 18.1. The summed E-state index contributed by atoms with van der Waals surface area (Å²) < 4.78 is 11.2. The van der Waals surface area contributed by atoms with Gasteiger partial charge in [-0.1, -0.05) is 42.5 Å². The molecule has 0 unspecified atom stereocenters. The summed E-state index contributed by atoms with van der Waals surface area (Å²) in [6.45, 7) is 4.91. The zero-order chi connectivity index (χ0) is 20.2. The fourth-order valence-electron chi connectivity index (χ4n) is 3.89. The van der Waals surface area contributed by atoms with E-state index in [0.29, 0.717) is 24.2 Å². The lowest BCUT2D eigenvalue weighted by Crippen LogP contribution is -2.48. The molecule has 2 heterocycles. The predicted octanol–water partition coefficient (Wildman–Crippen LogP) is 2.98. The van der Waals surface area contributed by atoms with Crippen molar-refractivity contribution in [3.05, 3.63) is 82.2 Å². The van der Waals surface area contributed by atoms with Crippen molar-refractivity contribution < 1.29 is 13.9 Å². The summed E-state index contributed by atoms with van der Waals surface area (Å²) >= 11 is 0. The molecule has 1 N–H and O–H groups in total. The maximum Gasteiger partial charge on any atom is 0.287 e. The smallest absolute Gasteiger partial charge is 0.287 e. The third-order valence-corrected chi connectivity index (χ3v) is 5.27. The number of para-hydroxylation sites is 1. The van der Waals surface area contributed by atoms with Crippen LogP contribution in [0.2, 0.25) is 0 Å². The van der Waals surface area contributed by atoms with E-state index >= 15 is 0 Å². The maximum atomic E-state index is 12.9. The average Bonchev–Trinajstić information content (AvgIpc) is 2.75. The zero-order valence-electron chi connectivity index (χ0n) is 16.3. The summed E-state index contributed by atoms with van der Waals surface area (Å²) in [7, 11) is 0.